The molecule has 0 aromatic heterocycles. The summed E-state index contributed by atoms with van der Waals surface area (Å²) in [7, 11) is 0. The Morgan fingerprint density at radius 2 is 1.68 bits per heavy atom. The van der Waals surface area contributed by atoms with Gasteiger partial charge in [0.15, 0.2) is 0 Å². The number of rotatable bonds is 7. The summed E-state index contributed by atoms with van der Waals surface area (Å²) in [5.74, 6) is -6.62. The van der Waals surface area contributed by atoms with E-state index < -0.39 is 58.5 Å². The summed E-state index contributed by atoms with van der Waals surface area (Å²) in [4.78, 5) is 60.0. The van der Waals surface area contributed by atoms with E-state index in [4.69, 9.17) is 23.2 Å². The smallest absolute Gasteiger partial charge is 0.260 e. The lowest BCUT2D eigenvalue weighted by Crippen LogP contribution is -2.53. The number of phenols is 1. The number of imide groups is 2. The molecule has 4 aliphatic rings. The highest BCUT2D eigenvalue weighted by Crippen LogP contribution is 2.65. The number of allylic oxidation sites excluding steroid dienone is 3. The SMILES string of the molecule is C=CCc1cccc(C2C3=CCC4C(=O)N(c5ccc(C)c(Cl)c5)C(=O)C4C3CC3C(=O)N(Nc4ccc(F)cc4)C(=O)C32c2ccc(Cl)cc2)c1O. The summed E-state index contributed by atoms with van der Waals surface area (Å²) in [5, 5.41) is 13.8. The van der Waals surface area contributed by atoms with Crippen molar-refractivity contribution in [1.82, 2.24) is 5.01 Å². The highest BCUT2D eigenvalue weighted by molar-refractivity contribution is 6.32. The minimum atomic E-state index is -1.62. The maximum atomic E-state index is 15.3. The normalized spacial score (nSPS) is 26.3. The number of phenolic OH excluding ortho intramolecular Hbond substituents is 1. The molecule has 6 unspecified atom stereocenters. The topological polar surface area (TPSA) is 107 Å². The van der Waals surface area contributed by atoms with Crippen LogP contribution < -0.4 is 10.3 Å². The lowest BCUT2D eigenvalue weighted by molar-refractivity contribution is -0.138. The molecule has 4 aromatic carbocycles. The monoisotopic (exact) mass is 749 g/mol. The molecular weight excluding hydrogens is 716 g/mol. The van der Waals surface area contributed by atoms with E-state index in [1.165, 1.54) is 29.2 Å². The molecule has 268 valence electrons. The molecule has 8 nitrogen and oxygen atoms in total. The number of para-hydroxylation sites is 1. The quantitative estimate of drug-likeness (QED) is 0.146. The van der Waals surface area contributed by atoms with Crippen molar-refractivity contribution in [3.63, 3.8) is 0 Å². The molecule has 0 bridgehead atoms. The first-order valence-electron chi connectivity index (χ1n) is 17.4. The van der Waals surface area contributed by atoms with Crippen LogP contribution in [0.4, 0.5) is 15.8 Å². The van der Waals surface area contributed by atoms with Crippen LogP contribution in [0.2, 0.25) is 10.0 Å². The number of fused-ring (bicyclic) bond motifs is 4. The van der Waals surface area contributed by atoms with E-state index in [1.54, 1.807) is 66.7 Å². The highest BCUT2D eigenvalue weighted by Gasteiger charge is 2.70. The molecule has 1 saturated carbocycles. The summed E-state index contributed by atoms with van der Waals surface area (Å²) >= 11 is 12.8. The van der Waals surface area contributed by atoms with Gasteiger partial charge in [0.25, 0.3) is 11.8 Å². The Hall–Kier alpha value is -5.25. The average molecular weight is 751 g/mol. The lowest BCUT2D eigenvalue weighted by Gasteiger charge is -2.50. The molecule has 0 radical (unpaired) electrons. The predicted molar refractivity (Wildman–Crippen MR) is 200 cm³/mol. The Labute approximate surface area is 315 Å². The minimum absolute atomic E-state index is 0.0527. The Morgan fingerprint density at radius 1 is 0.943 bits per heavy atom. The molecule has 3 fully saturated rings. The van der Waals surface area contributed by atoms with Gasteiger partial charge in [0.05, 0.1) is 34.5 Å². The van der Waals surface area contributed by atoms with Crippen molar-refractivity contribution >= 4 is 58.2 Å². The molecule has 11 heteroatoms. The number of benzene rings is 4. The van der Waals surface area contributed by atoms with Gasteiger partial charge < -0.3 is 5.11 Å². The van der Waals surface area contributed by atoms with Gasteiger partial charge in [0.1, 0.15) is 11.6 Å². The van der Waals surface area contributed by atoms with Crippen molar-refractivity contribution in [1.29, 1.82) is 0 Å². The fourth-order valence-electron chi connectivity index (χ4n) is 9.14. The standard InChI is InChI=1S/C42H34Cl2FN3O5/c1-3-5-23-6-4-7-31(37(23)49)36-29-18-19-30-35(40(52)47(38(30)50)28-17-8-22(2)34(44)20-28)32(29)21-33-39(51)48(46-27-15-13-26(45)14-16-27)41(53)42(33,36)24-9-11-25(43)12-10-24/h3-4,6-18,20,30,32-33,35-36,46,49H,1,5,19,21H2,2H3. The van der Waals surface area contributed by atoms with Gasteiger partial charge in [-0.25, -0.2) is 9.29 Å². The van der Waals surface area contributed by atoms with Gasteiger partial charge in [0.2, 0.25) is 11.8 Å². The molecule has 2 N–H and O–H groups in total. The number of nitrogens with one attached hydrogen (secondary N) is 1. The van der Waals surface area contributed by atoms with Crippen LogP contribution in [0.3, 0.4) is 0 Å². The fraction of sp³-hybridized carbons (Fsp3) is 0.238. The van der Waals surface area contributed by atoms with E-state index in [0.29, 0.717) is 50.1 Å². The second-order valence-electron chi connectivity index (χ2n) is 14.2. The van der Waals surface area contributed by atoms with E-state index in [1.807, 2.05) is 13.0 Å². The number of carbonyl (C=O) groups excluding carboxylic acids is 4. The maximum absolute atomic E-state index is 15.3. The zero-order valence-corrected chi connectivity index (χ0v) is 30.1. The van der Waals surface area contributed by atoms with Crippen molar-refractivity contribution in [2.45, 2.75) is 37.5 Å². The van der Waals surface area contributed by atoms with Gasteiger partial charge in [-0.2, -0.15) is 5.01 Å². The third-order valence-corrected chi connectivity index (χ3v) is 12.2. The molecule has 2 saturated heterocycles. The largest absolute Gasteiger partial charge is 0.507 e. The van der Waals surface area contributed by atoms with Gasteiger partial charge in [-0.15, -0.1) is 6.58 Å². The number of aryl methyl sites for hydroxylation is 1. The third kappa shape index (κ3) is 5.23. The van der Waals surface area contributed by atoms with Crippen LogP contribution in [0.5, 0.6) is 5.75 Å². The number of hydrogen-bond donors (Lipinski definition) is 2. The molecule has 53 heavy (non-hydrogen) atoms. The van der Waals surface area contributed by atoms with Gasteiger partial charge >= 0.3 is 0 Å². The van der Waals surface area contributed by atoms with Crippen LogP contribution in [-0.4, -0.2) is 33.7 Å². The van der Waals surface area contributed by atoms with Gasteiger partial charge in [-0.3, -0.25) is 24.6 Å². The van der Waals surface area contributed by atoms with Gasteiger partial charge in [0, 0.05) is 21.5 Å². The molecule has 2 aliphatic carbocycles. The third-order valence-electron chi connectivity index (χ3n) is 11.5. The first-order chi connectivity index (χ1) is 25.5. The molecule has 4 amide bonds. The van der Waals surface area contributed by atoms with Crippen molar-refractivity contribution < 1.29 is 28.7 Å². The number of carbonyl (C=O) groups is 4. The molecular formula is C42H34Cl2FN3O5. The Morgan fingerprint density at radius 3 is 2.38 bits per heavy atom. The molecule has 2 heterocycles. The van der Waals surface area contributed by atoms with Crippen LogP contribution in [0.25, 0.3) is 0 Å². The summed E-state index contributed by atoms with van der Waals surface area (Å²) < 4.78 is 13.9. The minimum Gasteiger partial charge on any atom is -0.507 e. The summed E-state index contributed by atoms with van der Waals surface area (Å²) in [6, 6.07) is 22.4. The predicted octanol–water partition coefficient (Wildman–Crippen LogP) is 8.06. The van der Waals surface area contributed by atoms with Crippen LogP contribution in [0.1, 0.15) is 41.0 Å². The number of hydrazine groups is 1. The second kappa shape index (κ2) is 13.0. The van der Waals surface area contributed by atoms with Crippen LogP contribution >= 0.6 is 23.2 Å². The molecule has 8 rings (SSSR count). The van der Waals surface area contributed by atoms with Crippen molar-refractivity contribution in [2.24, 2.45) is 23.7 Å². The Bertz CT molecular complexity index is 2260. The molecule has 4 aromatic rings. The van der Waals surface area contributed by atoms with Crippen LogP contribution in [-0.2, 0) is 31.0 Å². The number of aromatic hydroxyl groups is 1. The summed E-state index contributed by atoms with van der Waals surface area (Å²) in [6.45, 7) is 5.68. The van der Waals surface area contributed by atoms with Gasteiger partial charge in [-0.1, -0.05) is 77.3 Å². The zero-order valence-electron chi connectivity index (χ0n) is 28.6. The number of anilines is 2. The Kier molecular flexibility index (Phi) is 8.54. The molecule has 6 atom stereocenters. The molecule has 0 spiro atoms. The first kappa shape index (κ1) is 34.8. The average Bonchev–Trinajstić information content (AvgIpc) is 3.52. The van der Waals surface area contributed by atoms with E-state index in [9.17, 15) is 23.9 Å². The maximum Gasteiger partial charge on any atom is 0.260 e. The first-order valence-corrected chi connectivity index (χ1v) is 18.1. The summed E-state index contributed by atoms with van der Waals surface area (Å²) in [5.41, 5.74) is 4.96. The lowest BCUT2D eigenvalue weighted by atomic mass is 9.49. The highest BCUT2D eigenvalue weighted by atomic mass is 35.5. The number of halogens is 3. The molecule has 2 aliphatic heterocycles. The Balaban J connectivity index is 1.34. The van der Waals surface area contributed by atoms with Crippen molar-refractivity contribution in [3.8, 4) is 5.75 Å². The van der Waals surface area contributed by atoms with Crippen LogP contribution in [0.15, 0.2) is 109 Å². The van der Waals surface area contributed by atoms with Crippen molar-refractivity contribution in [2.75, 3.05) is 10.3 Å². The number of nitrogens with zero attached hydrogens (tertiary/aromatic N) is 2. The zero-order chi connectivity index (χ0) is 37.3. The van der Waals surface area contributed by atoms with Crippen molar-refractivity contribution in [3.05, 3.63) is 147 Å². The van der Waals surface area contributed by atoms with Gasteiger partial charge in [-0.05, 0) is 97.3 Å². The van der Waals surface area contributed by atoms with E-state index >= 15 is 4.79 Å². The fourth-order valence-corrected chi connectivity index (χ4v) is 9.44. The number of amides is 4. The van der Waals surface area contributed by atoms with Crippen LogP contribution in [0, 0.1) is 36.4 Å². The van der Waals surface area contributed by atoms with E-state index in [2.05, 4.69) is 12.0 Å². The number of hydrogen-bond acceptors (Lipinski definition) is 6. The van der Waals surface area contributed by atoms with E-state index in [0.717, 1.165) is 10.6 Å². The van der Waals surface area contributed by atoms with E-state index in [-0.39, 0.29) is 24.5 Å². The second-order valence-corrected chi connectivity index (χ2v) is 15.0. The summed E-state index contributed by atoms with van der Waals surface area (Å²) in [6.07, 6.45) is 4.20.